The van der Waals surface area contributed by atoms with Crippen LogP contribution in [0.25, 0.3) is 0 Å². The summed E-state index contributed by atoms with van der Waals surface area (Å²) in [7, 11) is 0. The molecule has 0 N–H and O–H groups in total. The maximum Gasteiger partial charge on any atom is 0.320 e. The number of esters is 2. The van der Waals surface area contributed by atoms with Crippen LogP contribution in [0.3, 0.4) is 0 Å². The SMILES string of the molecule is C=CCCCC(CCCCCCC(=O)OCC)(C(C)=O)C(=O)OC(C)(C)C. The summed E-state index contributed by atoms with van der Waals surface area (Å²) < 4.78 is 10.5. The molecule has 0 aromatic carbocycles. The molecule has 156 valence electrons. The molecule has 1 atom stereocenters. The summed E-state index contributed by atoms with van der Waals surface area (Å²) in [5.41, 5.74) is -1.71. The van der Waals surface area contributed by atoms with Gasteiger partial charge in [-0.1, -0.05) is 25.3 Å². The van der Waals surface area contributed by atoms with Gasteiger partial charge in [0.25, 0.3) is 0 Å². The van der Waals surface area contributed by atoms with Crippen LogP contribution in [0.15, 0.2) is 12.7 Å². The molecular weight excluding hydrogens is 344 g/mol. The summed E-state index contributed by atoms with van der Waals surface area (Å²) >= 11 is 0. The first-order valence-electron chi connectivity index (χ1n) is 10.1. The summed E-state index contributed by atoms with van der Waals surface area (Å²) in [5.74, 6) is -0.723. The molecule has 0 radical (unpaired) electrons. The Morgan fingerprint density at radius 3 is 2.07 bits per heavy atom. The summed E-state index contributed by atoms with van der Waals surface area (Å²) in [6.07, 6.45) is 7.89. The van der Waals surface area contributed by atoms with E-state index in [-0.39, 0.29) is 11.8 Å². The van der Waals surface area contributed by atoms with Gasteiger partial charge in [0.1, 0.15) is 16.8 Å². The van der Waals surface area contributed by atoms with Crippen molar-refractivity contribution in [3.05, 3.63) is 12.7 Å². The van der Waals surface area contributed by atoms with Crippen molar-refractivity contribution in [1.82, 2.24) is 0 Å². The smallest absolute Gasteiger partial charge is 0.320 e. The van der Waals surface area contributed by atoms with Crippen molar-refractivity contribution in [2.45, 2.75) is 98.0 Å². The number of ketones is 1. The van der Waals surface area contributed by atoms with Gasteiger partial charge >= 0.3 is 11.9 Å². The maximum absolute atomic E-state index is 12.9. The Bertz CT molecular complexity index is 489. The third-order valence-electron chi connectivity index (χ3n) is 4.52. The molecule has 0 aliphatic heterocycles. The highest BCUT2D eigenvalue weighted by Crippen LogP contribution is 2.36. The van der Waals surface area contributed by atoms with Gasteiger partial charge in [-0.2, -0.15) is 0 Å². The molecule has 0 rings (SSSR count). The topological polar surface area (TPSA) is 69.7 Å². The van der Waals surface area contributed by atoms with Gasteiger partial charge in [-0.05, 0) is 66.7 Å². The van der Waals surface area contributed by atoms with Crippen LogP contribution >= 0.6 is 0 Å². The monoisotopic (exact) mass is 382 g/mol. The van der Waals surface area contributed by atoms with Crippen molar-refractivity contribution in [2.24, 2.45) is 5.41 Å². The van der Waals surface area contributed by atoms with E-state index in [9.17, 15) is 14.4 Å². The molecule has 0 aliphatic rings. The Hall–Kier alpha value is -1.65. The van der Waals surface area contributed by atoms with Crippen LogP contribution in [0.4, 0.5) is 0 Å². The number of carbonyl (C=O) groups is 3. The fraction of sp³-hybridized carbons (Fsp3) is 0.773. The summed E-state index contributed by atoms with van der Waals surface area (Å²) in [5, 5.41) is 0. The molecule has 0 bridgehead atoms. The van der Waals surface area contributed by atoms with E-state index in [0.29, 0.717) is 25.9 Å². The molecule has 5 heteroatoms. The fourth-order valence-corrected chi connectivity index (χ4v) is 3.03. The van der Waals surface area contributed by atoms with Crippen LogP contribution in [-0.4, -0.2) is 29.9 Å². The predicted octanol–water partition coefficient (Wildman–Crippen LogP) is 5.16. The second-order valence-electron chi connectivity index (χ2n) is 8.04. The molecule has 1 unspecified atom stereocenters. The van der Waals surface area contributed by atoms with Crippen LogP contribution < -0.4 is 0 Å². The summed E-state index contributed by atoms with van der Waals surface area (Å²) in [6.45, 7) is 12.8. The van der Waals surface area contributed by atoms with Gasteiger partial charge in [0.15, 0.2) is 0 Å². The Kier molecular flexibility index (Phi) is 11.9. The number of hydrogen-bond acceptors (Lipinski definition) is 5. The van der Waals surface area contributed by atoms with E-state index in [1.165, 1.54) is 6.92 Å². The Labute approximate surface area is 164 Å². The third kappa shape index (κ3) is 10.3. The number of carbonyl (C=O) groups excluding carboxylic acids is 3. The minimum absolute atomic E-state index is 0.132. The average Bonchev–Trinajstić information content (AvgIpc) is 2.54. The third-order valence-corrected chi connectivity index (χ3v) is 4.52. The Morgan fingerprint density at radius 2 is 1.56 bits per heavy atom. The first kappa shape index (κ1) is 25.4. The Balaban J connectivity index is 4.82. The normalized spacial score (nSPS) is 13.5. The molecule has 0 aromatic rings. The molecule has 0 aromatic heterocycles. The largest absolute Gasteiger partial charge is 0.466 e. The number of rotatable bonds is 14. The standard InChI is InChI=1S/C22H38O5/c1-7-9-13-16-22(18(3)23,20(25)27-21(4,5)6)17-14-11-10-12-15-19(24)26-8-2/h7H,1,8-17H2,2-6H3. The predicted molar refractivity (Wildman–Crippen MR) is 107 cm³/mol. The zero-order valence-electron chi connectivity index (χ0n) is 17.9. The molecule has 0 saturated carbocycles. The highest BCUT2D eigenvalue weighted by Gasteiger charge is 2.44. The van der Waals surface area contributed by atoms with Crippen molar-refractivity contribution in [1.29, 1.82) is 0 Å². The lowest BCUT2D eigenvalue weighted by atomic mass is 9.74. The highest BCUT2D eigenvalue weighted by molar-refractivity contribution is 6.02. The average molecular weight is 383 g/mol. The van der Waals surface area contributed by atoms with Crippen LogP contribution in [0.1, 0.15) is 92.4 Å². The summed E-state index contributed by atoms with van der Waals surface area (Å²) in [6, 6.07) is 0. The van der Waals surface area contributed by atoms with Gasteiger partial charge < -0.3 is 9.47 Å². The lowest BCUT2D eigenvalue weighted by Gasteiger charge is -2.32. The van der Waals surface area contributed by atoms with Crippen LogP contribution in [0.2, 0.25) is 0 Å². The number of unbranched alkanes of at least 4 members (excludes halogenated alkanes) is 4. The highest BCUT2D eigenvalue weighted by atomic mass is 16.6. The minimum Gasteiger partial charge on any atom is -0.466 e. The number of Topliss-reactive ketones (excluding diaryl/α,β-unsaturated/α-hetero) is 1. The molecule has 27 heavy (non-hydrogen) atoms. The molecular formula is C22H38O5. The number of hydrogen-bond donors (Lipinski definition) is 0. The fourth-order valence-electron chi connectivity index (χ4n) is 3.03. The number of allylic oxidation sites excluding steroid dienone is 1. The molecule has 0 saturated heterocycles. The number of ether oxygens (including phenoxy) is 2. The van der Waals surface area contributed by atoms with Gasteiger partial charge in [0.2, 0.25) is 0 Å². The molecule has 0 heterocycles. The molecule has 0 aliphatic carbocycles. The lowest BCUT2D eigenvalue weighted by molar-refractivity contribution is -0.171. The van der Waals surface area contributed by atoms with Crippen LogP contribution in [0, 0.1) is 5.41 Å². The van der Waals surface area contributed by atoms with E-state index in [1.807, 2.05) is 20.8 Å². The first-order chi connectivity index (χ1) is 12.6. The van der Waals surface area contributed by atoms with E-state index in [0.717, 1.165) is 38.5 Å². The van der Waals surface area contributed by atoms with Crippen LogP contribution in [-0.2, 0) is 23.9 Å². The van der Waals surface area contributed by atoms with Gasteiger partial charge in [0.05, 0.1) is 6.61 Å². The zero-order valence-corrected chi connectivity index (χ0v) is 17.9. The van der Waals surface area contributed by atoms with E-state index < -0.39 is 17.0 Å². The van der Waals surface area contributed by atoms with Gasteiger partial charge in [-0.3, -0.25) is 14.4 Å². The molecule has 0 fully saturated rings. The van der Waals surface area contributed by atoms with E-state index in [4.69, 9.17) is 9.47 Å². The van der Waals surface area contributed by atoms with Gasteiger partial charge in [-0.25, -0.2) is 0 Å². The van der Waals surface area contributed by atoms with Crippen molar-refractivity contribution in [2.75, 3.05) is 6.61 Å². The quantitative estimate of drug-likeness (QED) is 0.179. The second kappa shape index (κ2) is 12.7. The van der Waals surface area contributed by atoms with E-state index in [2.05, 4.69) is 6.58 Å². The maximum atomic E-state index is 12.9. The van der Waals surface area contributed by atoms with Crippen molar-refractivity contribution in [3.63, 3.8) is 0 Å². The second-order valence-corrected chi connectivity index (χ2v) is 8.04. The Morgan fingerprint density at radius 1 is 0.963 bits per heavy atom. The van der Waals surface area contributed by atoms with E-state index >= 15 is 0 Å². The van der Waals surface area contributed by atoms with Crippen LogP contribution in [0.5, 0.6) is 0 Å². The van der Waals surface area contributed by atoms with Gasteiger partial charge in [-0.15, -0.1) is 6.58 Å². The van der Waals surface area contributed by atoms with Crippen molar-refractivity contribution >= 4 is 17.7 Å². The minimum atomic E-state index is -1.09. The van der Waals surface area contributed by atoms with Crippen molar-refractivity contribution in [3.8, 4) is 0 Å². The zero-order chi connectivity index (χ0) is 20.9. The summed E-state index contributed by atoms with van der Waals surface area (Å²) in [4.78, 5) is 36.7. The van der Waals surface area contributed by atoms with Crippen molar-refractivity contribution < 1.29 is 23.9 Å². The molecule has 0 amide bonds. The first-order valence-corrected chi connectivity index (χ1v) is 10.1. The van der Waals surface area contributed by atoms with Gasteiger partial charge in [0, 0.05) is 6.42 Å². The molecule has 0 spiro atoms. The lowest BCUT2D eigenvalue weighted by Crippen LogP contribution is -2.42. The van der Waals surface area contributed by atoms with E-state index in [1.54, 1.807) is 13.0 Å². The molecule has 5 nitrogen and oxygen atoms in total.